The number of hydrogen-bond acceptors (Lipinski definition) is 4. The first-order chi connectivity index (χ1) is 12.2. The Morgan fingerprint density at radius 2 is 1.92 bits per heavy atom. The maximum absolute atomic E-state index is 12.6. The van der Waals surface area contributed by atoms with Crippen LogP contribution in [0.4, 0.5) is 0 Å². The first kappa shape index (κ1) is 20.7. The Labute approximate surface area is 156 Å². The molecule has 1 saturated heterocycles. The van der Waals surface area contributed by atoms with Gasteiger partial charge in [-0.05, 0) is 43.9 Å². The molecule has 1 aromatic carbocycles. The molecule has 0 aliphatic carbocycles. The predicted molar refractivity (Wildman–Crippen MR) is 101 cm³/mol. The third-order valence-electron chi connectivity index (χ3n) is 4.89. The molecule has 146 valence electrons. The molecule has 1 aromatic rings. The van der Waals surface area contributed by atoms with Crippen molar-refractivity contribution < 1.29 is 17.9 Å². The van der Waals surface area contributed by atoms with Crippen molar-refractivity contribution in [2.45, 2.75) is 32.7 Å². The Balaban J connectivity index is 1.94. The number of rotatable bonds is 6. The minimum Gasteiger partial charge on any atom is -0.496 e. The second kappa shape index (κ2) is 8.37. The lowest BCUT2D eigenvalue weighted by molar-refractivity contribution is -0.126. The summed E-state index contributed by atoms with van der Waals surface area (Å²) < 4.78 is 32.2. The molecule has 1 heterocycles. The zero-order valence-corrected chi connectivity index (χ0v) is 17.0. The van der Waals surface area contributed by atoms with E-state index in [1.807, 2.05) is 32.0 Å². The van der Waals surface area contributed by atoms with Crippen molar-refractivity contribution in [1.29, 1.82) is 0 Å². The topological polar surface area (TPSA) is 79.0 Å². The highest BCUT2D eigenvalue weighted by molar-refractivity contribution is 7.86. The molecule has 26 heavy (non-hydrogen) atoms. The van der Waals surface area contributed by atoms with Crippen molar-refractivity contribution in [1.82, 2.24) is 13.9 Å². The minimum absolute atomic E-state index is 0.0205. The second-order valence-electron chi connectivity index (χ2n) is 6.92. The summed E-state index contributed by atoms with van der Waals surface area (Å²) in [6, 6.07) is 5.74. The first-order valence-electron chi connectivity index (χ1n) is 8.79. The molecule has 2 rings (SSSR count). The van der Waals surface area contributed by atoms with Gasteiger partial charge in [-0.1, -0.05) is 12.1 Å². The predicted octanol–water partition coefficient (Wildman–Crippen LogP) is 1.70. The Morgan fingerprint density at radius 3 is 2.42 bits per heavy atom. The van der Waals surface area contributed by atoms with Gasteiger partial charge in [0, 0.05) is 33.1 Å². The minimum atomic E-state index is -3.40. The number of nitrogens with zero attached hydrogens (tertiary/aromatic N) is 2. The van der Waals surface area contributed by atoms with Crippen molar-refractivity contribution in [2.24, 2.45) is 5.92 Å². The molecule has 0 bridgehead atoms. The van der Waals surface area contributed by atoms with Gasteiger partial charge in [0.25, 0.3) is 10.2 Å². The van der Waals surface area contributed by atoms with Crippen LogP contribution in [0.2, 0.25) is 0 Å². The number of aryl methyl sites for hydroxylation is 1. The average molecular weight is 384 g/mol. The van der Waals surface area contributed by atoms with Crippen molar-refractivity contribution in [3.05, 3.63) is 29.3 Å². The summed E-state index contributed by atoms with van der Waals surface area (Å²) >= 11 is 0. The lowest BCUT2D eigenvalue weighted by Gasteiger charge is -2.32. The van der Waals surface area contributed by atoms with E-state index in [-0.39, 0.29) is 17.9 Å². The van der Waals surface area contributed by atoms with Gasteiger partial charge in [-0.15, -0.1) is 0 Å². The number of benzene rings is 1. The fourth-order valence-corrected chi connectivity index (χ4v) is 4.30. The summed E-state index contributed by atoms with van der Waals surface area (Å²) in [7, 11) is 1.27. The van der Waals surface area contributed by atoms with Crippen LogP contribution in [0.15, 0.2) is 18.2 Å². The highest BCUT2D eigenvalue weighted by Gasteiger charge is 2.32. The van der Waals surface area contributed by atoms with Crippen LogP contribution in [-0.2, 0) is 15.0 Å². The van der Waals surface area contributed by atoms with Gasteiger partial charge in [-0.3, -0.25) is 4.79 Å². The van der Waals surface area contributed by atoms with Crippen LogP contribution in [0.25, 0.3) is 0 Å². The Kier molecular flexibility index (Phi) is 6.65. The van der Waals surface area contributed by atoms with E-state index in [0.717, 1.165) is 16.9 Å². The molecule has 1 atom stereocenters. The quantitative estimate of drug-likeness (QED) is 0.811. The van der Waals surface area contributed by atoms with Crippen molar-refractivity contribution in [3.8, 4) is 5.75 Å². The van der Waals surface area contributed by atoms with E-state index < -0.39 is 10.2 Å². The zero-order chi connectivity index (χ0) is 19.5. The van der Waals surface area contributed by atoms with E-state index in [9.17, 15) is 13.2 Å². The highest BCUT2D eigenvalue weighted by atomic mass is 32.2. The Hall–Kier alpha value is -1.64. The van der Waals surface area contributed by atoms with E-state index in [1.165, 1.54) is 22.7 Å². The number of methoxy groups -OCH3 is 1. The maximum Gasteiger partial charge on any atom is 0.281 e. The van der Waals surface area contributed by atoms with Gasteiger partial charge in [-0.2, -0.15) is 17.0 Å². The van der Waals surface area contributed by atoms with Crippen LogP contribution in [0.1, 0.15) is 36.9 Å². The van der Waals surface area contributed by atoms with E-state index in [4.69, 9.17) is 4.74 Å². The van der Waals surface area contributed by atoms with Gasteiger partial charge in [-0.25, -0.2) is 0 Å². The summed E-state index contributed by atoms with van der Waals surface area (Å²) in [5.74, 6) is 0.639. The number of amides is 1. The molecule has 0 unspecified atom stereocenters. The number of carbonyl (C=O) groups excluding carboxylic acids is 1. The molecular weight excluding hydrogens is 354 g/mol. The highest BCUT2D eigenvalue weighted by Crippen LogP contribution is 2.24. The number of carbonyl (C=O) groups is 1. The van der Waals surface area contributed by atoms with Gasteiger partial charge in [0.05, 0.1) is 13.2 Å². The van der Waals surface area contributed by atoms with Gasteiger partial charge in [0.1, 0.15) is 5.75 Å². The van der Waals surface area contributed by atoms with Crippen LogP contribution in [0.5, 0.6) is 5.75 Å². The molecule has 1 N–H and O–H groups in total. The van der Waals surface area contributed by atoms with Crippen molar-refractivity contribution in [3.63, 3.8) is 0 Å². The van der Waals surface area contributed by atoms with Crippen LogP contribution >= 0.6 is 0 Å². The fourth-order valence-electron chi connectivity index (χ4n) is 3.17. The normalized spacial score (nSPS) is 17.9. The van der Waals surface area contributed by atoms with Gasteiger partial charge < -0.3 is 10.1 Å². The SMILES string of the molecule is COc1ccc([C@@H](C)NC(=O)C2CCN(S(=O)(=O)N(C)C)CC2)cc1C. The monoisotopic (exact) mass is 383 g/mol. The lowest BCUT2D eigenvalue weighted by atomic mass is 9.96. The molecule has 0 aromatic heterocycles. The molecule has 1 aliphatic rings. The first-order valence-corrected chi connectivity index (χ1v) is 10.2. The van der Waals surface area contributed by atoms with Crippen LogP contribution in [0.3, 0.4) is 0 Å². The molecule has 0 spiro atoms. The van der Waals surface area contributed by atoms with Crippen molar-refractivity contribution >= 4 is 16.1 Å². The molecule has 1 amide bonds. The number of nitrogens with one attached hydrogen (secondary N) is 1. The van der Waals surface area contributed by atoms with Crippen molar-refractivity contribution in [2.75, 3.05) is 34.3 Å². The number of hydrogen-bond donors (Lipinski definition) is 1. The van der Waals surface area contributed by atoms with Crippen LogP contribution < -0.4 is 10.1 Å². The Morgan fingerprint density at radius 1 is 1.31 bits per heavy atom. The lowest BCUT2D eigenvalue weighted by Crippen LogP contribution is -2.47. The molecule has 7 nitrogen and oxygen atoms in total. The van der Waals surface area contributed by atoms with Gasteiger partial charge in [0.2, 0.25) is 5.91 Å². The number of piperidine rings is 1. The van der Waals surface area contributed by atoms with E-state index in [2.05, 4.69) is 5.32 Å². The third-order valence-corrected chi connectivity index (χ3v) is 6.83. The summed E-state index contributed by atoms with van der Waals surface area (Å²) in [6.07, 6.45) is 1.07. The summed E-state index contributed by atoms with van der Waals surface area (Å²) in [4.78, 5) is 12.6. The Bertz CT molecular complexity index is 741. The third kappa shape index (κ3) is 4.55. The smallest absolute Gasteiger partial charge is 0.281 e. The zero-order valence-electron chi connectivity index (χ0n) is 16.2. The van der Waals surface area contributed by atoms with Gasteiger partial charge in [0.15, 0.2) is 0 Å². The second-order valence-corrected chi connectivity index (χ2v) is 9.07. The molecular formula is C18H29N3O4S. The average Bonchev–Trinajstić information content (AvgIpc) is 2.61. The summed E-state index contributed by atoms with van der Waals surface area (Å²) in [5.41, 5.74) is 2.04. The molecule has 8 heteroatoms. The molecule has 0 radical (unpaired) electrons. The maximum atomic E-state index is 12.6. The summed E-state index contributed by atoms with van der Waals surface area (Å²) in [6.45, 7) is 4.66. The molecule has 0 saturated carbocycles. The van der Waals surface area contributed by atoms with Gasteiger partial charge >= 0.3 is 0 Å². The summed E-state index contributed by atoms with van der Waals surface area (Å²) in [5, 5.41) is 3.05. The largest absolute Gasteiger partial charge is 0.496 e. The van der Waals surface area contributed by atoms with E-state index in [1.54, 1.807) is 7.11 Å². The molecule has 1 fully saturated rings. The molecule has 1 aliphatic heterocycles. The fraction of sp³-hybridized carbons (Fsp3) is 0.611. The van der Waals surface area contributed by atoms with E-state index >= 15 is 0 Å². The van der Waals surface area contributed by atoms with Crippen LogP contribution in [-0.4, -0.2) is 57.2 Å². The van der Waals surface area contributed by atoms with E-state index in [0.29, 0.717) is 25.9 Å². The van der Waals surface area contributed by atoms with Crippen LogP contribution in [0, 0.1) is 12.8 Å². The standard InChI is InChI=1S/C18H29N3O4S/c1-13-12-16(6-7-17(13)25-5)14(2)19-18(22)15-8-10-21(11-9-15)26(23,24)20(3)4/h6-7,12,14-15H,8-11H2,1-5H3,(H,19,22)/t14-/m1/s1. The number of ether oxygens (including phenoxy) is 1.